The summed E-state index contributed by atoms with van der Waals surface area (Å²) in [7, 11) is 0. The van der Waals surface area contributed by atoms with Crippen LogP contribution in [0.5, 0.6) is 0 Å². The Hall–Kier alpha value is -0.820. The van der Waals surface area contributed by atoms with Gasteiger partial charge in [0, 0.05) is 47.5 Å². The molecular weight excluding hydrogens is 401 g/mol. The number of amides is 1. The van der Waals surface area contributed by atoms with E-state index in [9.17, 15) is 4.79 Å². The van der Waals surface area contributed by atoms with E-state index in [-0.39, 0.29) is 37.3 Å². The summed E-state index contributed by atoms with van der Waals surface area (Å²) in [6, 6.07) is 12.3. The van der Waals surface area contributed by atoms with E-state index in [4.69, 9.17) is 17.3 Å². The first-order valence-electron chi connectivity index (χ1n) is 7.70. The Labute approximate surface area is 169 Å². The van der Waals surface area contributed by atoms with Gasteiger partial charge in [-0.1, -0.05) is 23.7 Å². The third-order valence-corrected chi connectivity index (χ3v) is 5.40. The number of carbonyl (C=O) groups is 1. The van der Waals surface area contributed by atoms with Crippen LogP contribution < -0.4 is 5.73 Å². The molecule has 3 rings (SSSR count). The summed E-state index contributed by atoms with van der Waals surface area (Å²) < 4.78 is 0. The van der Waals surface area contributed by atoms with Gasteiger partial charge >= 0.3 is 0 Å². The number of nitrogens with zero attached hydrogens (tertiary/aromatic N) is 2. The Morgan fingerprint density at radius 3 is 2.48 bits per heavy atom. The largest absolute Gasteiger partial charge is 0.339 e. The molecular formula is C17H22Cl3N3OS. The number of rotatable bonds is 4. The molecule has 2 heterocycles. The van der Waals surface area contributed by atoms with Gasteiger partial charge in [-0.2, -0.15) is 0 Å². The Balaban J connectivity index is 0.00000156. The molecule has 2 aromatic rings. The van der Waals surface area contributed by atoms with E-state index in [2.05, 4.69) is 23.1 Å². The van der Waals surface area contributed by atoms with Gasteiger partial charge in [0.25, 0.3) is 0 Å². The summed E-state index contributed by atoms with van der Waals surface area (Å²) in [5.74, 6) is 0.0454. The number of piperazine rings is 1. The second kappa shape index (κ2) is 10.4. The zero-order valence-corrected chi connectivity index (χ0v) is 16.9. The van der Waals surface area contributed by atoms with Crippen LogP contribution in [0.1, 0.15) is 4.88 Å². The summed E-state index contributed by atoms with van der Waals surface area (Å²) in [5.41, 5.74) is 6.58. The Morgan fingerprint density at radius 2 is 1.84 bits per heavy atom. The van der Waals surface area contributed by atoms with Crippen molar-refractivity contribution in [3.63, 3.8) is 0 Å². The number of carbonyl (C=O) groups excluding carboxylic acids is 1. The third kappa shape index (κ3) is 5.84. The molecule has 0 aliphatic carbocycles. The molecule has 2 N–H and O–H groups in total. The molecule has 4 nitrogen and oxygen atoms in total. The molecule has 0 bridgehead atoms. The second-order valence-electron chi connectivity index (χ2n) is 5.64. The molecule has 0 saturated carbocycles. The van der Waals surface area contributed by atoms with Crippen LogP contribution in [0, 0.1) is 0 Å². The van der Waals surface area contributed by atoms with Gasteiger partial charge in [0.15, 0.2) is 0 Å². The first-order chi connectivity index (χ1) is 11.2. The highest BCUT2D eigenvalue weighted by molar-refractivity contribution is 7.15. The van der Waals surface area contributed by atoms with Crippen molar-refractivity contribution in [1.29, 1.82) is 0 Å². The zero-order chi connectivity index (χ0) is 16.2. The highest BCUT2D eigenvalue weighted by atomic mass is 35.5. The van der Waals surface area contributed by atoms with Gasteiger partial charge in [-0.3, -0.25) is 9.69 Å². The molecule has 1 amide bonds. The highest BCUT2D eigenvalue weighted by Gasteiger charge is 2.20. The molecule has 1 saturated heterocycles. The smallest absolute Gasteiger partial charge is 0.236 e. The van der Waals surface area contributed by atoms with Crippen LogP contribution in [0.2, 0.25) is 5.02 Å². The van der Waals surface area contributed by atoms with Crippen LogP contribution in [0.25, 0.3) is 10.4 Å². The first kappa shape index (κ1) is 22.2. The van der Waals surface area contributed by atoms with Crippen molar-refractivity contribution in [3.05, 3.63) is 46.3 Å². The van der Waals surface area contributed by atoms with Gasteiger partial charge in [0.1, 0.15) is 0 Å². The van der Waals surface area contributed by atoms with Gasteiger partial charge in [-0.15, -0.1) is 36.2 Å². The van der Waals surface area contributed by atoms with Gasteiger partial charge in [-0.05, 0) is 29.8 Å². The van der Waals surface area contributed by atoms with E-state index in [0.29, 0.717) is 0 Å². The Kier molecular flexibility index (Phi) is 9.21. The van der Waals surface area contributed by atoms with Crippen LogP contribution in [0.15, 0.2) is 36.4 Å². The number of halogens is 3. The Bertz CT molecular complexity index is 687. The lowest BCUT2D eigenvalue weighted by molar-refractivity contribution is -0.131. The maximum atomic E-state index is 11.6. The monoisotopic (exact) mass is 421 g/mol. The average molecular weight is 423 g/mol. The lowest BCUT2D eigenvalue weighted by atomic mass is 10.2. The fourth-order valence-electron chi connectivity index (χ4n) is 2.76. The van der Waals surface area contributed by atoms with Crippen molar-refractivity contribution < 1.29 is 4.79 Å². The van der Waals surface area contributed by atoms with Gasteiger partial charge < -0.3 is 10.6 Å². The van der Waals surface area contributed by atoms with E-state index in [1.807, 2.05) is 23.1 Å². The summed E-state index contributed by atoms with van der Waals surface area (Å²) in [4.78, 5) is 18.4. The van der Waals surface area contributed by atoms with E-state index in [0.717, 1.165) is 43.3 Å². The minimum Gasteiger partial charge on any atom is -0.339 e. The quantitative estimate of drug-likeness (QED) is 0.820. The maximum absolute atomic E-state index is 11.6. The van der Waals surface area contributed by atoms with E-state index in [1.165, 1.54) is 9.75 Å². The topological polar surface area (TPSA) is 49.6 Å². The standard InChI is InChI=1S/C17H20ClN3OS.2ClH/c18-14-3-1-2-13(10-14)16-5-4-15(23-16)12-20-6-8-21(9-7-20)17(22)11-19;;/h1-5,10H,6-9,11-12,19H2;2*1H. The first-order valence-corrected chi connectivity index (χ1v) is 8.90. The predicted octanol–water partition coefficient (Wildman–Crippen LogP) is 3.52. The molecule has 8 heteroatoms. The van der Waals surface area contributed by atoms with Crippen molar-refractivity contribution in [1.82, 2.24) is 9.80 Å². The molecule has 1 aromatic carbocycles. The number of benzene rings is 1. The molecule has 0 radical (unpaired) electrons. The SMILES string of the molecule is Cl.Cl.NCC(=O)N1CCN(Cc2ccc(-c3cccc(Cl)c3)s2)CC1. The predicted molar refractivity (Wildman–Crippen MR) is 110 cm³/mol. The molecule has 1 fully saturated rings. The molecule has 0 spiro atoms. The molecule has 0 atom stereocenters. The van der Waals surface area contributed by atoms with Crippen molar-refractivity contribution in [2.75, 3.05) is 32.7 Å². The lowest BCUT2D eigenvalue weighted by Crippen LogP contribution is -2.49. The summed E-state index contributed by atoms with van der Waals surface area (Å²) >= 11 is 7.86. The molecule has 1 aliphatic rings. The molecule has 1 aliphatic heterocycles. The van der Waals surface area contributed by atoms with Crippen LogP contribution in [-0.2, 0) is 11.3 Å². The van der Waals surface area contributed by atoms with Crippen LogP contribution >= 0.6 is 47.8 Å². The zero-order valence-electron chi connectivity index (χ0n) is 13.7. The fourth-order valence-corrected chi connectivity index (χ4v) is 4.00. The van der Waals surface area contributed by atoms with E-state index >= 15 is 0 Å². The average Bonchev–Trinajstić information content (AvgIpc) is 3.03. The lowest BCUT2D eigenvalue weighted by Gasteiger charge is -2.34. The maximum Gasteiger partial charge on any atom is 0.236 e. The molecule has 1 aromatic heterocycles. The number of hydrogen-bond acceptors (Lipinski definition) is 4. The molecule has 138 valence electrons. The minimum absolute atomic E-state index is 0. The van der Waals surface area contributed by atoms with Crippen LogP contribution in [0.3, 0.4) is 0 Å². The summed E-state index contributed by atoms with van der Waals surface area (Å²) in [6.07, 6.45) is 0. The van der Waals surface area contributed by atoms with E-state index in [1.54, 1.807) is 11.3 Å². The van der Waals surface area contributed by atoms with Crippen molar-refractivity contribution in [2.24, 2.45) is 5.73 Å². The van der Waals surface area contributed by atoms with Gasteiger partial charge in [0.2, 0.25) is 5.91 Å². The minimum atomic E-state index is 0. The summed E-state index contributed by atoms with van der Waals surface area (Å²) in [6.45, 7) is 4.36. The van der Waals surface area contributed by atoms with Crippen molar-refractivity contribution in [2.45, 2.75) is 6.54 Å². The number of thiophene rings is 1. The molecule has 0 unspecified atom stereocenters. The van der Waals surface area contributed by atoms with Gasteiger partial charge in [0.05, 0.1) is 6.54 Å². The van der Waals surface area contributed by atoms with Crippen LogP contribution in [0.4, 0.5) is 0 Å². The Morgan fingerprint density at radius 1 is 1.12 bits per heavy atom. The number of nitrogens with two attached hydrogens (primary N) is 1. The van der Waals surface area contributed by atoms with Crippen LogP contribution in [-0.4, -0.2) is 48.4 Å². The van der Waals surface area contributed by atoms with Crippen molar-refractivity contribution >= 4 is 53.7 Å². The van der Waals surface area contributed by atoms with Gasteiger partial charge in [-0.25, -0.2) is 0 Å². The normalized spacial score (nSPS) is 14.6. The highest BCUT2D eigenvalue weighted by Crippen LogP contribution is 2.30. The molecule has 25 heavy (non-hydrogen) atoms. The fraction of sp³-hybridized carbons (Fsp3) is 0.353. The van der Waals surface area contributed by atoms with Crippen molar-refractivity contribution in [3.8, 4) is 10.4 Å². The number of hydrogen-bond donors (Lipinski definition) is 1. The second-order valence-corrected chi connectivity index (χ2v) is 7.24. The van der Waals surface area contributed by atoms with E-state index < -0.39 is 0 Å². The third-order valence-electron chi connectivity index (χ3n) is 4.05. The summed E-state index contributed by atoms with van der Waals surface area (Å²) in [5, 5.41) is 0.762.